The highest BCUT2D eigenvalue weighted by Crippen LogP contribution is 2.31. The quantitative estimate of drug-likeness (QED) is 0.747. The second-order valence-electron chi connectivity index (χ2n) is 5.52. The first-order chi connectivity index (χ1) is 14.4. The van der Waals surface area contributed by atoms with Crippen LogP contribution in [0.15, 0.2) is 18.2 Å². The van der Waals surface area contributed by atoms with E-state index >= 15 is 0 Å². The summed E-state index contributed by atoms with van der Waals surface area (Å²) < 4.78 is 63.5. The average molecular weight is 352 g/mol. The summed E-state index contributed by atoms with van der Waals surface area (Å²) in [5.41, 5.74) is 0.141. The molecule has 5 heteroatoms. The number of rotatable bonds is 2. The third kappa shape index (κ3) is 5.34. The van der Waals surface area contributed by atoms with Crippen LogP contribution in [0.5, 0.6) is 11.5 Å². The zero-order chi connectivity index (χ0) is 23.4. The second-order valence-corrected chi connectivity index (χ2v) is 5.52. The number of ether oxygens (including phenoxy) is 3. The van der Waals surface area contributed by atoms with Gasteiger partial charge < -0.3 is 14.2 Å². The standard InChI is InChI=1S/C20H26O5/c1-14-8-7-11-16(21)10-6-4-5-9-15-12-17(23-2)13-18(24-3)19(15)20(22)25-14/h5,9,12-14H,4,6-8,10-11H2,1-3H3/i1D3,8D2,14D. The predicted molar refractivity (Wildman–Crippen MR) is 96.2 cm³/mol. The van der Waals surface area contributed by atoms with E-state index in [4.69, 9.17) is 22.4 Å². The lowest BCUT2D eigenvalue weighted by Gasteiger charge is -2.17. The number of Topliss-reactive ketones (excluding diaryl/α,β-unsaturated/α-hetero) is 1. The molecule has 1 aliphatic rings. The fourth-order valence-corrected chi connectivity index (χ4v) is 2.49. The summed E-state index contributed by atoms with van der Waals surface area (Å²) in [7, 11) is 2.73. The van der Waals surface area contributed by atoms with Gasteiger partial charge in [0.2, 0.25) is 0 Å². The van der Waals surface area contributed by atoms with Crippen molar-refractivity contribution in [1.29, 1.82) is 0 Å². The molecule has 0 aliphatic carbocycles. The molecule has 0 amide bonds. The molecule has 0 N–H and O–H groups in total. The van der Waals surface area contributed by atoms with Crippen molar-refractivity contribution in [3.8, 4) is 11.5 Å². The normalized spacial score (nSPS) is 28.6. The molecule has 5 nitrogen and oxygen atoms in total. The Labute approximate surface area is 157 Å². The van der Waals surface area contributed by atoms with Gasteiger partial charge in [0.15, 0.2) is 0 Å². The van der Waals surface area contributed by atoms with Crippen molar-refractivity contribution in [1.82, 2.24) is 0 Å². The minimum absolute atomic E-state index is 0.0275. The molecule has 136 valence electrons. The van der Waals surface area contributed by atoms with Crippen molar-refractivity contribution >= 4 is 17.8 Å². The van der Waals surface area contributed by atoms with Gasteiger partial charge in [-0.2, -0.15) is 0 Å². The summed E-state index contributed by atoms with van der Waals surface area (Å²) in [6.45, 7) is -3.32. The Morgan fingerprint density at radius 3 is 2.76 bits per heavy atom. The van der Waals surface area contributed by atoms with Gasteiger partial charge in [0, 0.05) is 25.8 Å². The number of cyclic esters (lactones) is 1. The van der Waals surface area contributed by atoms with E-state index in [1.54, 1.807) is 12.2 Å². The first-order valence-corrected chi connectivity index (χ1v) is 8.04. The van der Waals surface area contributed by atoms with E-state index in [1.165, 1.54) is 26.4 Å². The number of esters is 1. The molecule has 0 spiro atoms. The smallest absolute Gasteiger partial charge is 0.342 e. The SMILES string of the molecule is [2H]C([2H])([2H])C1([2H])OC(=O)c2c(cc(OC)cc2OC)C=CCCCC(=O)CCC1([2H])[2H]. The fourth-order valence-electron chi connectivity index (χ4n) is 2.49. The molecule has 0 fully saturated rings. The predicted octanol–water partition coefficient (Wildman–Crippen LogP) is 4.19. The molecule has 1 heterocycles. The Morgan fingerprint density at radius 2 is 2.04 bits per heavy atom. The third-order valence-electron chi connectivity index (χ3n) is 3.77. The van der Waals surface area contributed by atoms with E-state index in [1.807, 2.05) is 0 Å². The van der Waals surface area contributed by atoms with Crippen LogP contribution >= 0.6 is 0 Å². The minimum Gasteiger partial charge on any atom is -0.497 e. The zero-order valence-corrected chi connectivity index (χ0v) is 14.4. The van der Waals surface area contributed by atoms with E-state index in [0.29, 0.717) is 18.6 Å². The first kappa shape index (κ1) is 12.1. The summed E-state index contributed by atoms with van der Waals surface area (Å²) in [6.07, 6.45) is -2.32. The molecule has 1 aliphatic heterocycles. The molecule has 0 aromatic heterocycles. The van der Waals surface area contributed by atoms with Crippen LogP contribution in [0, 0.1) is 0 Å². The number of carbonyl (C=O) groups is 2. The number of hydrogen-bond donors (Lipinski definition) is 0. The van der Waals surface area contributed by atoms with Gasteiger partial charge in [-0.25, -0.2) is 4.79 Å². The molecule has 0 saturated heterocycles. The zero-order valence-electron chi connectivity index (χ0n) is 20.4. The number of ketones is 1. The average Bonchev–Trinajstić information content (AvgIpc) is 2.69. The Hall–Kier alpha value is -2.30. The topological polar surface area (TPSA) is 61.8 Å². The van der Waals surface area contributed by atoms with Crippen LogP contribution in [-0.2, 0) is 9.53 Å². The maximum atomic E-state index is 13.1. The molecule has 25 heavy (non-hydrogen) atoms. The molecule has 0 radical (unpaired) electrons. The Kier molecular flexibility index (Phi) is 4.49. The van der Waals surface area contributed by atoms with Crippen LogP contribution < -0.4 is 9.47 Å². The van der Waals surface area contributed by atoms with Crippen molar-refractivity contribution in [3.63, 3.8) is 0 Å². The lowest BCUT2D eigenvalue weighted by Crippen LogP contribution is -2.17. The lowest BCUT2D eigenvalue weighted by atomic mass is 10.0. The summed E-state index contributed by atoms with van der Waals surface area (Å²) in [5, 5.41) is 0. The molecular formula is C20H26O5. The van der Waals surface area contributed by atoms with Crippen LogP contribution in [0.2, 0.25) is 0 Å². The molecule has 0 bridgehead atoms. The van der Waals surface area contributed by atoms with E-state index in [0.717, 1.165) is 0 Å². The van der Waals surface area contributed by atoms with E-state index in [9.17, 15) is 9.59 Å². The Balaban J connectivity index is 2.68. The number of methoxy groups -OCH3 is 2. The summed E-state index contributed by atoms with van der Waals surface area (Å²) in [5.74, 6) is -1.08. The van der Waals surface area contributed by atoms with Crippen LogP contribution in [0.4, 0.5) is 0 Å². The van der Waals surface area contributed by atoms with Crippen LogP contribution in [0.3, 0.4) is 0 Å². The van der Waals surface area contributed by atoms with Gasteiger partial charge in [-0.05, 0) is 44.1 Å². The second kappa shape index (κ2) is 9.25. The van der Waals surface area contributed by atoms with Crippen molar-refractivity contribution in [2.75, 3.05) is 14.2 Å². The number of fused-ring (bicyclic) bond motifs is 1. The van der Waals surface area contributed by atoms with Gasteiger partial charge in [0.05, 0.1) is 21.7 Å². The third-order valence-corrected chi connectivity index (χ3v) is 3.77. The molecule has 1 aromatic carbocycles. The highest BCUT2D eigenvalue weighted by Gasteiger charge is 2.21. The molecular weight excluding hydrogens is 320 g/mol. The number of carbonyl (C=O) groups excluding carboxylic acids is 2. The van der Waals surface area contributed by atoms with Gasteiger partial charge >= 0.3 is 5.97 Å². The van der Waals surface area contributed by atoms with Gasteiger partial charge in [0.25, 0.3) is 0 Å². The van der Waals surface area contributed by atoms with Crippen molar-refractivity contribution < 1.29 is 32.0 Å². The van der Waals surface area contributed by atoms with Crippen molar-refractivity contribution in [2.24, 2.45) is 0 Å². The van der Waals surface area contributed by atoms with Gasteiger partial charge in [-0.3, -0.25) is 4.79 Å². The number of hydrogen-bond acceptors (Lipinski definition) is 5. The van der Waals surface area contributed by atoms with Gasteiger partial charge in [-0.15, -0.1) is 0 Å². The summed E-state index contributed by atoms with van der Waals surface area (Å²) >= 11 is 0. The van der Waals surface area contributed by atoms with Crippen molar-refractivity contribution in [3.05, 3.63) is 29.3 Å². The minimum atomic E-state index is -3.32. The highest BCUT2D eigenvalue weighted by atomic mass is 16.5. The number of benzene rings is 1. The van der Waals surface area contributed by atoms with Gasteiger partial charge in [-0.1, -0.05) is 12.2 Å². The Morgan fingerprint density at radius 1 is 1.24 bits per heavy atom. The number of allylic oxidation sites excluding steroid dienone is 1. The van der Waals surface area contributed by atoms with Crippen LogP contribution in [0.25, 0.3) is 6.08 Å². The molecule has 1 aromatic rings. The monoisotopic (exact) mass is 352 g/mol. The highest BCUT2D eigenvalue weighted by molar-refractivity contribution is 5.97. The maximum Gasteiger partial charge on any atom is 0.342 e. The van der Waals surface area contributed by atoms with Crippen molar-refractivity contribution in [2.45, 2.75) is 51.4 Å². The summed E-state index contributed by atoms with van der Waals surface area (Å²) in [6, 6.07) is 2.92. The van der Waals surface area contributed by atoms with Crippen LogP contribution in [0.1, 0.15) is 69.5 Å². The van der Waals surface area contributed by atoms with E-state index in [-0.39, 0.29) is 35.5 Å². The molecule has 1 unspecified atom stereocenters. The Bertz CT molecular complexity index is 864. The fraction of sp³-hybridized carbons (Fsp3) is 0.500. The van der Waals surface area contributed by atoms with E-state index < -0.39 is 31.7 Å². The largest absolute Gasteiger partial charge is 0.497 e. The molecule has 2 rings (SSSR count). The molecule has 1 atom stereocenters. The molecule has 0 saturated carbocycles. The first-order valence-electron chi connectivity index (χ1n) is 11.0. The van der Waals surface area contributed by atoms with Gasteiger partial charge in [0.1, 0.15) is 22.8 Å². The lowest BCUT2D eigenvalue weighted by molar-refractivity contribution is -0.119. The van der Waals surface area contributed by atoms with Crippen LogP contribution in [-0.4, -0.2) is 32.1 Å². The van der Waals surface area contributed by atoms with E-state index in [2.05, 4.69) is 0 Å². The maximum absolute atomic E-state index is 13.1. The summed E-state index contributed by atoms with van der Waals surface area (Å²) in [4.78, 5) is 25.2.